The maximum absolute atomic E-state index is 12.1. The summed E-state index contributed by atoms with van der Waals surface area (Å²) in [7, 11) is -0.280. The molecule has 0 N–H and O–H groups in total. The van der Waals surface area contributed by atoms with Crippen molar-refractivity contribution in [2.24, 2.45) is 0 Å². The Balaban J connectivity index is 2.49. The van der Waals surface area contributed by atoms with Gasteiger partial charge in [0.05, 0.1) is 6.16 Å². The van der Waals surface area contributed by atoms with Gasteiger partial charge in [-0.05, 0) is 13.0 Å². The molecule has 0 amide bonds. The van der Waals surface area contributed by atoms with Crippen molar-refractivity contribution >= 4 is 18.6 Å². The van der Waals surface area contributed by atoms with Gasteiger partial charge < -0.3 is 13.5 Å². The fraction of sp³-hybridized carbons (Fsp3) is 0.333. The van der Waals surface area contributed by atoms with E-state index in [1.165, 1.54) is 14.2 Å². The van der Waals surface area contributed by atoms with Crippen molar-refractivity contribution in [1.29, 1.82) is 0 Å². The summed E-state index contributed by atoms with van der Waals surface area (Å²) in [6.07, 6.45) is 0.225. The Hall–Kier alpha value is -1.09. The highest BCUT2D eigenvalue weighted by molar-refractivity contribution is 7.53. The van der Waals surface area contributed by atoms with E-state index in [1.54, 1.807) is 0 Å². The first-order valence-corrected chi connectivity index (χ1v) is 7.00. The van der Waals surface area contributed by atoms with Gasteiger partial charge in [0, 0.05) is 25.2 Å². The summed E-state index contributed by atoms with van der Waals surface area (Å²) in [5.41, 5.74) is 1.67. The van der Waals surface area contributed by atoms with Crippen molar-refractivity contribution in [3.63, 3.8) is 0 Å². The normalized spacial score (nSPS) is 12.2. The number of aryl methyl sites for hydroxylation is 1. The smallest absolute Gasteiger partial charge is 0.334 e. The van der Waals surface area contributed by atoms with E-state index in [2.05, 4.69) is 0 Å². The molecule has 2 rings (SSSR count). The van der Waals surface area contributed by atoms with Crippen molar-refractivity contribution in [2.75, 3.05) is 14.2 Å². The van der Waals surface area contributed by atoms with E-state index in [1.807, 2.05) is 31.2 Å². The molecule has 0 fully saturated rings. The lowest BCUT2D eigenvalue weighted by atomic mass is 10.1. The molecule has 0 radical (unpaired) electrons. The molecule has 0 aliphatic heterocycles. The quantitative estimate of drug-likeness (QED) is 0.780. The van der Waals surface area contributed by atoms with E-state index < -0.39 is 7.60 Å². The molecule has 0 unspecified atom stereocenters. The highest BCUT2D eigenvalue weighted by atomic mass is 31.2. The molecule has 92 valence electrons. The van der Waals surface area contributed by atoms with Gasteiger partial charge >= 0.3 is 7.60 Å². The molecule has 2 aromatic rings. The lowest BCUT2D eigenvalue weighted by Gasteiger charge is -2.12. The van der Waals surface area contributed by atoms with Crippen LogP contribution in [-0.4, -0.2) is 14.2 Å². The summed E-state index contributed by atoms with van der Waals surface area (Å²) in [6, 6.07) is 7.65. The Morgan fingerprint density at radius 1 is 1.24 bits per heavy atom. The van der Waals surface area contributed by atoms with Gasteiger partial charge in [0.25, 0.3) is 0 Å². The van der Waals surface area contributed by atoms with Crippen LogP contribution in [0.15, 0.2) is 28.7 Å². The summed E-state index contributed by atoms with van der Waals surface area (Å²) >= 11 is 0. The van der Waals surface area contributed by atoms with Gasteiger partial charge in [-0.25, -0.2) is 0 Å². The van der Waals surface area contributed by atoms with Gasteiger partial charge in [-0.3, -0.25) is 4.57 Å². The number of hydrogen-bond donors (Lipinski definition) is 0. The van der Waals surface area contributed by atoms with E-state index in [0.29, 0.717) is 0 Å². The molecule has 17 heavy (non-hydrogen) atoms. The van der Waals surface area contributed by atoms with Gasteiger partial charge in [0.2, 0.25) is 0 Å². The van der Waals surface area contributed by atoms with E-state index in [4.69, 9.17) is 13.5 Å². The molecule has 0 bridgehead atoms. The van der Waals surface area contributed by atoms with Gasteiger partial charge in [0.1, 0.15) is 11.3 Å². The zero-order valence-electron chi connectivity index (χ0n) is 10.1. The predicted octanol–water partition coefficient (Wildman–Crippen LogP) is 3.73. The number of fused-ring (bicyclic) bond motifs is 1. The van der Waals surface area contributed by atoms with Crippen LogP contribution in [0.4, 0.5) is 0 Å². The lowest BCUT2D eigenvalue weighted by molar-refractivity contribution is 0.274. The summed E-state index contributed by atoms with van der Waals surface area (Å²) in [5, 5.41) is 0.958. The Morgan fingerprint density at radius 2 is 1.88 bits per heavy atom. The summed E-state index contributed by atoms with van der Waals surface area (Å²) in [6.45, 7) is 1.85. The third-order valence-electron chi connectivity index (χ3n) is 2.81. The van der Waals surface area contributed by atoms with E-state index in [0.717, 1.165) is 22.3 Å². The van der Waals surface area contributed by atoms with E-state index in [9.17, 15) is 4.57 Å². The van der Waals surface area contributed by atoms with E-state index >= 15 is 0 Å². The fourth-order valence-corrected chi connectivity index (χ4v) is 3.00. The number of rotatable bonds is 4. The maximum atomic E-state index is 12.1. The Kier molecular flexibility index (Phi) is 3.38. The fourth-order valence-electron chi connectivity index (χ4n) is 1.81. The van der Waals surface area contributed by atoms with Gasteiger partial charge in [-0.2, -0.15) is 0 Å². The minimum absolute atomic E-state index is 0.225. The van der Waals surface area contributed by atoms with Gasteiger partial charge in [-0.15, -0.1) is 0 Å². The first-order chi connectivity index (χ1) is 8.09. The molecule has 1 aromatic carbocycles. The summed E-state index contributed by atoms with van der Waals surface area (Å²) in [4.78, 5) is 0. The van der Waals surface area contributed by atoms with Crippen LogP contribution in [0.1, 0.15) is 11.3 Å². The van der Waals surface area contributed by atoms with Crippen LogP contribution in [0.2, 0.25) is 0 Å². The second kappa shape index (κ2) is 4.65. The Labute approximate surface area is 100 Å². The number of furan rings is 1. The molecule has 0 saturated heterocycles. The minimum Gasteiger partial charge on any atom is -0.461 e. The summed E-state index contributed by atoms with van der Waals surface area (Å²) < 4.78 is 27.6. The average Bonchev–Trinajstić information content (AvgIpc) is 2.66. The van der Waals surface area contributed by atoms with Crippen LogP contribution in [0.5, 0.6) is 0 Å². The monoisotopic (exact) mass is 254 g/mol. The number of benzene rings is 1. The average molecular weight is 254 g/mol. The van der Waals surface area contributed by atoms with Crippen LogP contribution >= 0.6 is 7.60 Å². The standard InChI is InChI=1S/C12H15O4P/c1-9-11(8-17(13,14-2)15-3)10-6-4-5-7-12(10)16-9/h4-7H,8H2,1-3H3. The zero-order valence-corrected chi connectivity index (χ0v) is 11.0. The Morgan fingerprint density at radius 3 is 2.53 bits per heavy atom. The molecule has 0 spiro atoms. The second-order valence-electron chi connectivity index (χ2n) is 3.77. The maximum Gasteiger partial charge on any atom is 0.334 e. The molecule has 0 saturated carbocycles. The van der Waals surface area contributed by atoms with Crippen LogP contribution in [0.25, 0.3) is 11.0 Å². The van der Waals surface area contributed by atoms with Gasteiger partial charge in [-0.1, -0.05) is 18.2 Å². The summed E-state index contributed by atoms with van der Waals surface area (Å²) in [5.74, 6) is 0.750. The minimum atomic E-state index is -3.06. The van der Waals surface area contributed by atoms with E-state index in [-0.39, 0.29) is 6.16 Å². The highest BCUT2D eigenvalue weighted by Crippen LogP contribution is 2.51. The molecule has 0 aliphatic rings. The molecule has 4 nitrogen and oxygen atoms in total. The SMILES string of the molecule is COP(=O)(Cc1c(C)oc2ccccc12)OC. The molecule has 0 aliphatic carbocycles. The second-order valence-corrected chi connectivity index (χ2v) is 6.04. The topological polar surface area (TPSA) is 48.7 Å². The van der Waals surface area contributed by atoms with Crippen molar-refractivity contribution in [1.82, 2.24) is 0 Å². The van der Waals surface area contributed by atoms with Gasteiger partial charge in [0.15, 0.2) is 0 Å². The Bertz CT molecular complexity index is 565. The van der Waals surface area contributed by atoms with Crippen molar-refractivity contribution in [2.45, 2.75) is 13.1 Å². The molecular formula is C12H15O4P. The first-order valence-electron chi connectivity index (χ1n) is 5.27. The van der Waals surface area contributed by atoms with Crippen LogP contribution in [0, 0.1) is 6.92 Å². The largest absolute Gasteiger partial charge is 0.461 e. The van der Waals surface area contributed by atoms with Crippen LogP contribution in [-0.2, 0) is 19.8 Å². The van der Waals surface area contributed by atoms with Crippen molar-refractivity contribution in [3.05, 3.63) is 35.6 Å². The third-order valence-corrected chi connectivity index (χ3v) is 4.62. The molecule has 5 heteroatoms. The number of hydrogen-bond acceptors (Lipinski definition) is 4. The number of para-hydroxylation sites is 1. The van der Waals surface area contributed by atoms with Crippen LogP contribution < -0.4 is 0 Å². The van der Waals surface area contributed by atoms with Crippen LogP contribution in [0.3, 0.4) is 0 Å². The molecule has 0 atom stereocenters. The predicted molar refractivity (Wildman–Crippen MR) is 66.3 cm³/mol. The zero-order chi connectivity index (χ0) is 12.5. The van der Waals surface area contributed by atoms with Crippen molar-refractivity contribution < 1.29 is 18.0 Å². The molecular weight excluding hydrogens is 239 g/mol. The van der Waals surface area contributed by atoms with Crippen molar-refractivity contribution in [3.8, 4) is 0 Å². The molecule has 1 aromatic heterocycles. The third kappa shape index (κ3) is 2.29. The first kappa shape index (κ1) is 12.4. The highest BCUT2D eigenvalue weighted by Gasteiger charge is 2.25. The lowest BCUT2D eigenvalue weighted by Crippen LogP contribution is -1.94. The molecule has 1 heterocycles.